The summed E-state index contributed by atoms with van der Waals surface area (Å²) in [7, 11) is 5.59. The molecule has 1 aliphatic rings. The molecule has 1 fully saturated rings. The summed E-state index contributed by atoms with van der Waals surface area (Å²) in [5.41, 5.74) is 0.162. The average molecular weight is 504 g/mol. The number of benzene rings is 2. The number of hydrogen-bond acceptors (Lipinski definition) is 11. The molecule has 1 aromatic heterocycles. The van der Waals surface area contributed by atoms with E-state index in [2.05, 4.69) is 0 Å². The average Bonchev–Trinajstić information content (AvgIpc) is 2.90. The van der Waals surface area contributed by atoms with Gasteiger partial charge in [-0.25, -0.2) is 0 Å². The first kappa shape index (κ1) is 25.6. The van der Waals surface area contributed by atoms with E-state index in [1.54, 1.807) is 31.4 Å². The third kappa shape index (κ3) is 4.30. The molecule has 0 bridgehead atoms. The van der Waals surface area contributed by atoms with Gasteiger partial charge in [0.1, 0.15) is 35.0 Å². The lowest BCUT2D eigenvalue weighted by atomic mass is 10.00. The molecule has 0 saturated carbocycles. The molecule has 0 amide bonds. The van der Waals surface area contributed by atoms with Gasteiger partial charge in [-0.15, -0.1) is 0 Å². The molecule has 0 spiro atoms. The van der Waals surface area contributed by atoms with Gasteiger partial charge in [0.15, 0.2) is 17.3 Å². The minimum atomic E-state index is -1.59. The second-order valence-electron chi connectivity index (χ2n) is 8.14. The summed E-state index contributed by atoms with van der Waals surface area (Å²) < 4.78 is 39.1. The molecule has 5 atom stereocenters. The van der Waals surface area contributed by atoms with Gasteiger partial charge in [0.2, 0.25) is 23.2 Å². The van der Waals surface area contributed by atoms with Gasteiger partial charge in [0.05, 0.1) is 34.5 Å². The third-order valence-electron chi connectivity index (χ3n) is 6.04. The van der Waals surface area contributed by atoms with Crippen LogP contribution in [0, 0.1) is 0 Å². The van der Waals surface area contributed by atoms with E-state index in [-0.39, 0.29) is 39.7 Å². The van der Waals surface area contributed by atoms with E-state index in [1.807, 2.05) is 0 Å². The topological polar surface area (TPSA) is 146 Å². The van der Waals surface area contributed by atoms with Gasteiger partial charge in [-0.1, -0.05) is 0 Å². The highest BCUT2D eigenvalue weighted by Crippen LogP contribution is 2.45. The van der Waals surface area contributed by atoms with Crippen molar-refractivity contribution in [2.45, 2.75) is 37.6 Å². The molecule has 194 valence electrons. The Bertz CT molecular complexity index is 1280. The first-order valence-electron chi connectivity index (χ1n) is 11.1. The van der Waals surface area contributed by atoms with Crippen LogP contribution in [0.3, 0.4) is 0 Å². The lowest BCUT2D eigenvalue weighted by molar-refractivity contribution is -0.268. The fourth-order valence-corrected chi connectivity index (χ4v) is 4.07. The van der Waals surface area contributed by atoms with Crippen LogP contribution in [-0.2, 0) is 4.74 Å². The van der Waals surface area contributed by atoms with E-state index in [9.17, 15) is 20.1 Å². The van der Waals surface area contributed by atoms with Crippen LogP contribution in [0.4, 0.5) is 0 Å². The summed E-state index contributed by atoms with van der Waals surface area (Å²) in [6.07, 6.45) is -6.67. The SMILES string of the molecule is COc1ccc(-c2oc3cc(OC)c(O[C@H]4O[C@@H](C)[C@H](O)[C@@H](O)[C@H]4O)c(OC)c3c(=O)c2OC)cc1. The van der Waals surface area contributed by atoms with Crippen molar-refractivity contribution in [3.8, 4) is 40.1 Å². The van der Waals surface area contributed by atoms with Crippen molar-refractivity contribution in [1.29, 1.82) is 0 Å². The molecule has 11 nitrogen and oxygen atoms in total. The molecular formula is C25H28O11. The van der Waals surface area contributed by atoms with Crippen molar-refractivity contribution < 1.29 is 48.2 Å². The first-order valence-corrected chi connectivity index (χ1v) is 11.1. The number of fused-ring (bicyclic) bond motifs is 1. The van der Waals surface area contributed by atoms with Crippen molar-refractivity contribution in [2.75, 3.05) is 28.4 Å². The largest absolute Gasteiger partial charge is 0.497 e. The Morgan fingerprint density at radius 2 is 1.47 bits per heavy atom. The molecule has 1 aliphatic heterocycles. The molecule has 1 saturated heterocycles. The lowest BCUT2D eigenvalue weighted by Gasteiger charge is -2.39. The van der Waals surface area contributed by atoms with Crippen LogP contribution >= 0.6 is 0 Å². The second-order valence-corrected chi connectivity index (χ2v) is 8.14. The molecule has 0 unspecified atom stereocenters. The Morgan fingerprint density at radius 1 is 0.806 bits per heavy atom. The maximum absolute atomic E-state index is 13.6. The van der Waals surface area contributed by atoms with E-state index < -0.39 is 36.1 Å². The number of hydrogen-bond donors (Lipinski definition) is 3. The van der Waals surface area contributed by atoms with Gasteiger partial charge in [0.25, 0.3) is 0 Å². The highest BCUT2D eigenvalue weighted by Gasteiger charge is 2.44. The van der Waals surface area contributed by atoms with E-state index in [0.717, 1.165) is 0 Å². The fourth-order valence-electron chi connectivity index (χ4n) is 4.07. The van der Waals surface area contributed by atoms with Crippen LogP contribution in [-0.4, -0.2) is 74.5 Å². The Balaban J connectivity index is 1.89. The lowest BCUT2D eigenvalue weighted by Crippen LogP contribution is -2.58. The maximum Gasteiger partial charge on any atom is 0.239 e. The first-order chi connectivity index (χ1) is 17.2. The molecule has 0 radical (unpaired) electrons. The molecule has 0 aliphatic carbocycles. The summed E-state index contributed by atoms with van der Waals surface area (Å²) in [4.78, 5) is 13.6. The number of methoxy groups -OCH3 is 4. The van der Waals surface area contributed by atoms with Gasteiger partial charge in [-0.05, 0) is 31.2 Å². The summed E-state index contributed by atoms with van der Waals surface area (Å²) in [6.45, 7) is 1.52. The van der Waals surface area contributed by atoms with Crippen molar-refractivity contribution in [1.82, 2.24) is 0 Å². The zero-order chi connectivity index (χ0) is 26.1. The van der Waals surface area contributed by atoms with Crippen LogP contribution in [0.5, 0.6) is 28.7 Å². The van der Waals surface area contributed by atoms with Crippen molar-refractivity contribution in [3.05, 3.63) is 40.6 Å². The van der Waals surface area contributed by atoms with E-state index in [1.165, 1.54) is 34.3 Å². The van der Waals surface area contributed by atoms with E-state index in [0.29, 0.717) is 11.3 Å². The van der Waals surface area contributed by atoms with Gasteiger partial charge in [-0.2, -0.15) is 0 Å². The number of aliphatic hydroxyl groups excluding tert-OH is 3. The minimum absolute atomic E-state index is 0.00124. The van der Waals surface area contributed by atoms with E-state index >= 15 is 0 Å². The monoisotopic (exact) mass is 504 g/mol. The van der Waals surface area contributed by atoms with Crippen molar-refractivity contribution in [2.24, 2.45) is 0 Å². The second kappa shape index (κ2) is 10.2. The summed E-state index contributed by atoms with van der Waals surface area (Å²) in [5.74, 6) is 0.735. The Labute approximate surface area is 206 Å². The number of aliphatic hydroxyl groups is 3. The third-order valence-corrected chi connectivity index (χ3v) is 6.04. The van der Waals surface area contributed by atoms with Crippen molar-refractivity contribution >= 4 is 11.0 Å². The molecule has 2 heterocycles. The number of rotatable bonds is 7. The quantitative estimate of drug-likeness (QED) is 0.432. The standard InChI is InChI=1S/C25H28O11/c1-11-17(26)19(28)20(29)25(34-11)36-22-15(31-3)10-14-16(23(22)32-4)18(27)24(33-5)21(35-14)12-6-8-13(30-2)9-7-12/h6-11,17,19-20,25-26,28-29H,1-5H3/t11-,17-,19+,20+,25+/m0/s1. The molecule has 3 N–H and O–H groups in total. The fraction of sp³-hybridized carbons (Fsp3) is 0.400. The Morgan fingerprint density at radius 3 is 2.06 bits per heavy atom. The predicted octanol–water partition coefficient (Wildman–Crippen LogP) is 1.70. The zero-order valence-corrected chi connectivity index (χ0v) is 20.4. The Kier molecular flexibility index (Phi) is 7.27. The zero-order valence-electron chi connectivity index (χ0n) is 20.4. The van der Waals surface area contributed by atoms with Gasteiger partial charge >= 0.3 is 0 Å². The molecule has 36 heavy (non-hydrogen) atoms. The van der Waals surface area contributed by atoms with Gasteiger partial charge in [0, 0.05) is 11.6 Å². The van der Waals surface area contributed by atoms with Gasteiger partial charge in [-0.3, -0.25) is 4.79 Å². The highest BCUT2D eigenvalue weighted by atomic mass is 16.7. The summed E-state index contributed by atoms with van der Waals surface area (Å²) in [5, 5.41) is 30.5. The highest BCUT2D eigenvalue weighted by molar-refractivity contribution is 5.91. The predicted molar refractivity (Wildman–Crippen MR) is 127 cm³/mol. The van der Waals surface area contributed by atoms with Crippen molar-refractivity contribution in [3.63, 3.8) is 0 Å². The molecule has 11 heteroatoms. The minimum Gasteiger partial charge on any atom is -0.497 e. The molecular weight excluding hydrogens is 476 g/mol. The van der Waals surface area contributed by atoms with Crippen LogP contribution in [0.25, 0.3) is 22.3 Å². The molecule has 3 aromatic rings. The van der Waals surface area contributed by atoms with Crippen LogP contribution in [0.2, 0.25) is 0 Å². The van der Waals surface area contributed by atoms with Gasteiger partial charge < -0.3 is 48.2 Å². The maximum atomic E-state index is 13.6. The summed E-state index contributed by atoms with van der Waals surface area (Å²) in [6, 6.07) is 8.32. The van der Waals surface area contributed by atoms with Crippen LogP contribution < -0.4 is 29.1 Å². The van der Waals surface area contributed by atoms with E-state index in [4.69, 9.17) is 32.8 Å². The number of ether oxygens (including phenoxy) is 6. The smallest absolute Gasteiger partial charge is 0.239 e. The Hall–Kier alpha value is -3.51. The van der Waals surface area contributed by atoms with Crippen LogP contribution in [0.15, 0.2) is 39.5 Å². The summed E-state index contributed by atoms with van der Waals surface area (Å²) >= 11 is 0. The molecule has 4 rings (SSSR count). The normalized spacial score (nSPS) is 23.8. The van der Waals surface area contributed by atoms with Crippen LogP contribution in [0.1, 0.15) is 6.92 Å². The molecule has 2 aromatic carbocycles.